The Bertz CT molecular complexity index is 821. The second-order valence-corrected chi connectivity index (χ2v) is 7.44. The van der Waals surface area contributed by atoms with E-state index in [-0.39, 0.29) is 17.1 Å². The van der Waals surface area contributed by atoms with Crippen LogP contribution in [0, 0.1) is 0 Å². The first-order valence-corrected chi connectivity index (χ1v) is 9.04. The number of carbonyl (C=O) groups is 2. The van der Waals surface area contributed by atoms with Gasteiger partial charge in [0.1, 0.15) is 0 Å². The van der Waals surface area contributed by atoms with E-state index in [9.17, 15) is 18.0 Å². The Morgan fingerprint density at radius 1 is 0.917 bits per heavy atom. The summed E-state index contributed by atoms with van der Waals surface area (Å²) >= 11 is 5.71. The Hall–Kier alpha value is -2.38. The van der Waals surface area contributed by atoms with Crippen molar-refractivity contribution in [3.05, 3.63) is 65.2 Å². The first-order valence-electron chi connectivity index (χ1n) is 7.01. The van der Waals surface area contributed by atoms with Crippen LogP contribution in [0.2, 0.25) is 5.02 Å². The highest BCUT2D eigenvalue weighted by atomic mass is 35.5. The number of hydrogen-bond donors (Lipinski definition) is 2. The molecule has 0 unspecified atom stereocenters. The lowest BCUT2D eigenvalue weighted by Crippen LogP contribution is -2.42. The monoisotopic (exact) mass is 366 g/mol. The van der Waals surface area contributed by atoms with Crippen molar-refractivity contribution in [1.29, 1.82) is 0 Å². The van der Waals surface area contributed by atoms with Crippen molar-refractivity contribution in [2.75, 3.05) is 5.75 Å². The first kappa shape index (κ1) is 18.0. The van der Waals surface area contributed by atoms with Crippen LogP contribution < -0.4 is 10.9 Å². The molecule has 0 bridgehead atoms. The zero-order valence-corrected chi connectivity index (χ0v) is 14.1. The lowest BCUT2D eigenvalue weighted by atomic mass is 10.2. The van der Waals surface area contributed by atoms with Gasteiger partial charge in [-0.25, -0.2) is 8.42 Å². The van der Waals surface area contributed by atoms with E-state index in [4.69, 9.17) is 11.6 Å². The van der Waals surface area contributed by atoms with Crippen molar-refractivity contribution >= 4 is 33.3 Å². The summed E-state index contributed by atoms with van der Waals surface area (Å²) in [5, 5.41) is 0.426. The Labute approximate surface area is 144 Å². The maximum absolute atomic E-state index is 12.1. The zero-order valence-electron chi connectivity index (χ0n) is 12.5. The molecule has 0 spiro atoms. The number of amides is 2. The summed E-state index contributed by atoms with van der Waals surface area (Å²) in [5.74, 6) is -1.46. The number of nitrogens with one attached hydrogen (secondary N) is 2. The van der Waals surface area contributed by atoms with E-state index in [0.29, 0.717) is 10.6 Å². The third kappa shape index (κ3) is 5.07. The Morgan fingerprint density at radius 3 is 2.17 bits per heavy atom. The minimum Gasteiger partial charge on any atom is -0.273 e. The highest BCUT2D eigenvalue weighted by Crippen LogP contribution is 2.15. The van der Waals surface area contributed by atoms with Gasteiger partial charge in [0.15, 0.2) is 9.84 Å². The van der Waals surface area contributed by atoms with Crippen molar-refractivity contribution in [2.45, 2.75) is 11.3 Å². The lowest BCUT2D eigenvalue weighted by Gasteiger charge is -2.08. The summed E-state index contributed by atoms with van der Waals surface area (Å²) in [6, 6.07) is 14.0. The molecule has 2 N–H and O–H groups in total. The molecule has 8 heteroatoms. The molecule has 0 atom stereocenters. The topological polar surface area (TPSA) is 92.3 Å². The van der Waals surface area contributed by atoms with Gasteiger partial charge in [0, 0.05) is 17.0 Å². The van der Waals surface area contributed by atoms with Gasteiger partial charge in [-0.1, -0.05) is 29.8 Å². The molecule has 0 fully saturated rings. The largest absolute Gasteiger partial charge is 0.273 e. The molecule has 2 rings (SSSR count). The van der Waals surface area contributed by atoms with E-state index in [1.807, 2.05) is 0 Å². The molecule has 2 aromatic carbocycles. The highest BCUT2D eigenvalue weighted by molar-refractivity contribution is 7.91. The van der Waals surface area contributed by atoms with Gasteiger partial charge in [0.05, 0.1) is 10.6 Å². The quantitative estimate of drug-likeness (QED) is 0.791. The van der Waals surface area contributed by atoms with Crippen LogP contribution in [0.4, 0.5) is 0 Å². The molecule has 0 aliphatic rings. The standard InChI is InChI=1S/C16H15ClN2O4S/c17-13-6-8-14(9-7-13)24(22,23)11-10-15(20)18-19-16(21)12-4-2-1-3-5-12/h1-9H,10-11H2,(H,18,20)(H,19,21). The Morgan fingerprint density at radius 2 is 1.54 bits per heavy atom. The summed E-state index contributed by atoms with van der Waals surface area (Å²) in [6.45, 7) is 0. The molecule has 2 aromatic rings. The van der Waals surface area contributed by atoms with Gasteiger partial charge in [0.25, 0.3) is 5.91 Å². The minimum atomic E-state index is -3.60. The van der Waals surface area contributed by atoms with Crippen molar-refractivity contribution in [2.24, 2.45) is 0 Å². The number of benzene rings is 2. The third-order valence-electron chi connectivity index (χ3n) is 3.12. The summed E-state index contributed by atoms with van der Waals surface area (Å²) in [6.07, 6.45) is -0.278. The van der Waals surface area contributed by atoms with Gasteiger partial charge in [-0.3, -0.25) is 20.4 Å². The minimum absolute atomic E-state index is 0.0908. The van der Waals surface area contributed by atoms with Crippen molar-refractivity contribution < 1.29 is 18.0 Å². The zero-order chi connectivity index (χ0) is 17.6. The maximum Gasteiger partial charge on any atom is 0.269 e. The molecule has 0 heterocycles. The molecule has 0 aliphatic carbocycles. The predicted octanol–water partition coefficient (Wildman–Crippen LogP) is 1.97. The molecule has 24 heavy (non-hydrogen) atoms. The number of hydrogen-bond acceptors (Lipinski definition) is 4. The molecular weight excluding hydrogens is 352 g/mol. The number of rotatable bonds is 5. The van der Waals surface area contributed by atoms with Crippen LogP contribution in [0.25, 0.3) is 0 Å². The van der Waals surface area contributed by atoms with Crippen molar-refractivity contribution in [3.8, 4) is 0 Å². The molecule has 0 aliphatic heterocycles. The van der Waals surface area contributed by atoms with Gasteiger partial charge in [-0.15, -0.1) is 0 Å². The van der Waals surface area contributed by atoms with Crippen LogP contribution in [0.3, 0.4) is 0 Å². The molecule has 0 saturated carbocycles. The summed E-state index contributed by atoms with van der Waals surface area (Å²) in [5.41, 5.74) is 4.80. The highest BCUT2D eigenvalue weighted by Gasteiger charge is 2.16. The van der Waals surface area contributed by atoms with Crippen molar-refractivity contribution in [1.82, 2.24) is 10.9 Å². The van der Waals surface area contributed by atoms with Gasteiger partial charge >= 0.3 is 0 Å². The van der Waals surface area contributed by atoms with Crippen LogP contribution in [-0.2, 0) is 14.6 Å². The average molecular weight is 367 g/mol. The number of halogens is 1. The molecule has 6 nitrogen and oxygen atoms in total. The van der Waals surface area contributed by atoms with E-state index >= 15 is 0 Å². The number of sulfone groups is 1. The van der Waals surface area contributed by atoms with Crippen LogP contribution in [0.15, 0.2) is 59.5 Å². The molecule has 0 radical (unpaired) electrons. The summed E-state index contributed by atoms with van der Waals surface area (Å²) in [7, 11) is -3.60. The molecule has 126 valence electrons. The fourth-order valence-corrected chi connectivity index (χ4v) is 3.20. The Kier molecular flexibility index (Phi) is 5.94. The van der Waals surface area contributed by atoms with E-state index in [2.05, 4.69) is 10.9 Å². The normalized spacial score (nSPS) is 10.9. The average Bonchev–Trinajstić information content (AvgIpc) is 2.59. The van der Waals surface area contributed by atoms with E-state index in [1.54, 1.807) is 30.3 Å². The SMILES string of the molecule is O=C(CCS(=O)(=O)c1ccc(Cl)cc1)NNC(=O)c1ccccc1. The van der Waals surface area contributed by atoms with E-state index in [1.165, 1.54) is 24.3 Å². The smallest absolute Gasteiger partial charge is 0.269 e. The summed E-state index contributed by atoms with van der Waals surface area (Å²) < 4.78 is 24.2. The molecule has 0 aromatic heterocycles. The molecule has 0 saturated heterocycles. The van der Waals surface area contributed by atoms with Crippen LogP contribution in [-0.4, -0.2) is 26.0 Å². The first-order chi connectivity index (χ1) is 11.4. The van der Waals surface area contributed by atoms with Gasteiger partial charge in [0.2, 0.25) is 5.91 Å². The molecule has 2 amide bonds. The fraction of sp³-hybridized carbons (Fsp3) is 0.125. The Balaban J connectivity index is 1.84. The predicted molar refractivity (Wildman–Crippen MR) is 90.2 cm³/mol. The van der Waals surface area contributed by atoms with Crippen molar-refractivity contribution in [3.63, 3.8) is 0 Å². The van der Waals surface area contributed by atoms with Gasteiger partial charge in [-0.2, -0.15) is 0 Å². The summed E-state index contributed by atoms with van der Waals surface area (Å²) in [4.78, 5) is 23.5. The second-order valence-electron chi connectivity index (χ2n) is 4.89. The van der Waals surface area contributed by atoms with E-state index < -0.39 is 21.7 Å². The fourth-order valence-electron chi connectivity index (χ4n) is 1.84. The molecular formula is C16H15ClN2O4S. The second kappa shape index (κ2) is 7.94. The third-order valence-corrected chi connectivity index (χ3v) is 5.11. The van der Waals surface area contributed by atoms with Gasteiger partial charge < -0.3 is 0 Å². The van der Waals surface area contributed by atoms with E-state index in [0.717, 1.165) is 0 Å². The van der Waals surface area contributed by atoms with Crippen LogP contribution >= 0.6 is 11.6 Å². The lowest BCUT2D eigenvalue weighted by molar-refractivity contribution is -0.121. The van der Waals surface area contributed by atoms with Crippen LogP contribution in [0.1, 0.15) is 16.8 Å². The van der Waals surface area contributed by atoms with Crippen LogP contribution in [0.5, 0.6) is 0 Å². The maximum atomic E-state index is 12.1. The van der Waals surface area contributed by atoms with Gasteiger partial charge in [-0.05, 0) is 36.4 Å². The number of hydrazine groups is 1. The number of carbonyl (C=O) groups excluding carboxylic acids is 2.